The Bertz CT molecular complexity index is 655. The Kier molecular flexibility index (Phi) is 3.25. The molecule has 0 N–H and O–H groups in total. The SMILES string of the molecule is Cc1ccc(-c2cccc(-c3ccc(C)cn3)n2)nc1. The molecular formula is C17H15N3. The van der Waals surface area contributed by atoms with Crippen LogP contribution in [0.25, 0.3) is 22.8 Å². The summed E-state index contributed by atoms with van der Waals surface area (Å²) in [6.07, 6.45) is 3.71. The summed E-state index contributed by atoms with van der Waals surface area (Å²) in [4.78, 5) is 13.5. The number of hydrogen-bond acceptors (Lipinski definition) is 3. The summed E-state index contributed by atoms with van der Waals surface area (Å²) in [5, 5.41) is 0. The molecule has 0 unspecified atom stereocenters. The first-order valence-electron chi connectivity index (χ1n) is 6.55. The van der Waals surface area contributed by atoms with Crippen molar-refractivity contribution in [3.05, 3.63) is 66.0 Å². The molecule has 3 heteroatoms. The number of aromatic nitrogens is 3. The van der Waals surface area contributed by atoms with Crippen molar-refractivity contribution in [2.75, 3.05) is 0 Å². The van der Waals surface area contributed by atoms with Crippen LogP contribution in [0.4, 0.5) is 0 Å². The fraction of sp³-hybridized carbons (Fsp3) is 0.118. The third kappa shape index (κ3) is 2.57. The first kappa shape index (κ1) is 12.5. The van der Waals surface area contributed by atoms with Crippen LogP contribution in [0, 0.1) is 13.8 Å². The summed E-state index contributed by atoms with van der Waals surface area (Å²) < 4.78 is 0. The van der Waals surface area contributed by atoms with Gasteiger partial charge in [-0.3, -0.25) is 9.97 Å². The van der Waals surface area contributed by atoms with Crippen molar-refractivity contribution >= 4 is 0 Å². The minimum atomic E-state index is 0.866. The van der Waals surface area contributed by atoms with Crippen LogP contribution in [0.5, 0.6) is 0 Å². The quantitative estimate of drug-likeness (QED) is 0.704. The van der Waals surface area contributed by atoms with Gasteiger partial charge < -0.3 is 0 Å². The van der Waals surface area contributed by atoms with Crippen molar-refractivity contribution in [1.29, 1.82) is 0 Å². The van der Waals surface area contributed by atoms with Crippen LogP contribution >= 0.6 is 0 Å². The number of rotatable bonds is 2. The number of hydrogen-bond donors (Lipinski definition) is 0. The Labute approximate surface area is 118 Å². The molecule has 0 spiro atoms. The fourth-order valence-corrected chi connectivity index (χ4v) is 1.96. The maximum Gasteiger partial charge on any atom is 0.0894 e. The molecule has 20 heavy (non-hydrogen) atoms. The van der Waals surface area contributed by atoms with E-state index in [4.69, 9.17) is 0 Å². The van der Waals surface area contributed by atoms with Crippen LogP contribution in [0.3, 0.4) is 0 Å². The lowest BCUT2D eigenvalue weighted by atomic mass is 10.2. The Balaban J connectivity index is 2.01. The highest BCUT2D eigenvalue weighted by Gasteiger charge is 2.05. The highest BCUT2D eigenvalue weighted by molar-refractivity contribution is 5.61. The van der Waals surface area contributed by atoms with Crippen molar-refractivity contribution in [3.8, 4) is 22.8 Å². The topological polar surface area (TPSA) is 38.7 Å². The summed E-state index contributed by atoms with van der Waals surface area (Å²) >= 11 is 0. The summed E-state index contributed by atoms with van der Waals surface area (Å²) in [6, 6.07) is 14.0. The molecular weight excluding hydrogens is 246 g/mol. The lowest BCUT2D eigenvalue weighted by molar-refractivity contribution is 1.20. The molecule has 0 radical (unpaired) electrons. The van der Waals surface area contributed by atoms with Crippen LogP contribution in [0.15, 0.2) is 54.9 Å². The van der Waals surface area contributed by atoms with E-state index < -0.39 is 0 Å². The summed E-state index contributed by atoms with van der Waals surface area (Å²) in [5.41, 5.74) is 5.78. The average molecular weight is 261 g/mol. The van der Waals surface area contributed by atoms with Gasteiger partial charge in [-0.2, -0.15) is 0 Å². The normalized spacial score (nSPS) is 10.5. The van der Waals surface area contributed by atoms with Crippen LogP contribution < -0.4 is 0 Å². The zero-order valence-electron chi connectivity index (χ0n) is 11.5. The minimum Gasteiger partial charge on any atom is -0.254 e. The van der Waals surface area contributed by atoms with Gasteiger partial charge in [-0.15, -0.1) is 0 Å². The van der Waals surface area contributed by atoms with Crippen LogP contribution in [0.1, 0.15) is 11.1 Å². The predicted molar refractivity (Wildman–Crippen MR) is 80.2 cm³/mol. The highest BCUT2D eigenvalue weighted by atomic mass is 14.8. The van der Waals surface area contributed by atoms with Crippen molar-refractivity contribution in [3.63, 3.8) is 0 Å². The van der Waals surface area contributed by atoms with Crippen molar-refractivity contribution < 1.29 is 0 Å². The first-order chi connectivity index (χ1) is 9.72. The lowest BCUT2D eigenvalue weighted by Gasteiger charge is -2.04. The first-order valence-corrected chi connectivity index (χ1v) is 6.55. The largest absolute Gasteiger partial charge is 0.254 e. The second-order valence-electron chi connectivity index (χ2n) is 4.85. The molecule has 3 heterocycles. The van der Waals surface area contributed by atoms with Gasteiger partial charge in [-0.25, -0.2) is 4.98 Å². The van der Waals surface area contributed by atoms with Crippen molar-refractivity contribution in [1.82, 2.24) is 15.0 Å². The van der Waals surface area contributed by atoms with E-state index >= 15 is 0 Å². The molecule has 3 aromatic heterocycles. The van der Waals surface area contributed by atoms with Crippen molar-refractivity contribution in [2.45, 2.75) is 13.8 Å². The zero-order valence-corrected chi connectivity index (χ0v) is 11.5. The Morgan fingerprint density at radius 3 is 1.50 bits per heavy atom. The molecule has 0 aliphatic heterocycles. The summed E-state index contributed by atoms with van der Waals surface area (Å²) in [7, 11) is 0. The predicted octanol–water partition coefficient (Wildman–Crippen LogP) is 3.82. The second kappa shape index (κ2) is 5.21. The summed E-state index contributed by atoms with van der Waals surface area (Å²) in [5.74, 6) is 0. The van der Waals surface area contributed by atoms with E-state index in [1.807, 2.05) is 68.7 Å². The number of pyridine rings is 3. The van der Waals surface area contributed by atoms with Gasteiger partial charge in [0.25, 0.3) is 0 Å². The maximum absolute atomic E-state index is 4.65. The van der Waals surface area contributed by atoms with Crippen LogP contribution in [-0.4, -0.2) is 15.0 Å². The third-order valence-electron chi connectivity index (χ3n) is 3.10. The van der Waals surface area contributed by atoms with E-state index in [1.54, 1.807) is 0 Å². The molecule has 3 rings (SSSR count). The van der Waals surface area contributed by atoms with E-state index in [9.17, 15) is 0 Å². The van der Waals surface area contributed by atoms with Crippen LogP contribution in [0.2, 0.25) is 0 Å². The van der Waals surface area contributed by atoms with E-state index in [-0.39, 0.29) is 0 Å². The molecule has 0 fully saturated rings. The molecule has 0 amide bonds. The molecule has 0 aromatic carbocycles. The van der Waals surface area contributed by atoms with Gasteiger partial charge in [0, 0.05) is 12.4 Å². The second-order valence-corrected chi connectivity index (χ2v) is 4.85. The molecule has 0 aliphatic carbocycles. The molecule has 3 aromatic rings. The van der Waals surface area contributed by atoms with Gasteiger partial charge in [0.15, 0.2) is 0 Å². The van der Waals surface area contributed by atoms with E-state index in [0.717, 1.165) is 33.9 Å². The third-order valence-corrected chi connectivity index (χ3v) is 3.10. The number of aryl methyl sites for hydroxylation is 2. The highest BCUT2D eigenvalue weighted by Crippen LogP contribution is 2.20. The van der Waals surface area contributed by atoms with Gasteiger partial charge >= 0.3 is 0 Å². The van der Waals surface area contributed by atoms with Gasteiger partial charge in [0.1, 0.15) is 0 Å². The molecule has 0 saturated heterocycles. The number of nitrogens with zero attached hydrogens (tertiary/aromatic N) is 3. The molecule has 0 saturated carbocycles. The molecule has 98 valence electrons. The molecule has 0 bridgehead atoms. The Morgan fingerprint density at radius 2 is 1.10 bits per heavy atom. The van der Waals surface area contributed by atoms with Gasteiger partial charge in [-0.1, -0.05) is 18.2 Å². The molecule has 0 aliphatic rings. The molecule has 0 atom stereocenters. The maximum atomic E-state index is 4.65. The Morgan fingerprint density at radius 1 is 0.600 bits per heavy atom. The Hall–Kier alpha value is -2.55. The zero-order chi connectivity index (χ0) is 13.9. The van der Waals surface area contributed by atoms with Gasteiger partial charge in [0.05, 0.1) is 22.8 Å². The minimum absolute atomic E-state index is 0.866. The standard InChI is InChI=1S/C17H15N3/c1-12-6-8-14(18-10-12)16-4-3-5-17(20-16)15-9-7-13(2)11-19-15/h3-11H,1-2H3. The smallest absolute Gasteiger partial charge is 0.0894 e. The van der Waals surface area contributed by atoms with Gasteiger partial charge in [0.2, 0.25) is 0 Å². The fourth-order valence-electron chi connectivity index (χ4n) is 1.96. The lowest BCUT2D eigenvalue weighted by Crippen LogP contribution is -1.92. The summed E-state index contributed by atoms with van der Waals surface area (Å²) in [6.45, 7) is 4.05. The monoisotopic (exact) mass is 261 g/mol. The van der Waals surface area contributed by atoms with Crippen LogP contribution in [-0.2, 0) is 0 Å². The molecule has 3 nitrogen and oxygen atoms in total. The van der Waals surface area contributed by atoms with E-state index in [2.05, 4.69) is 15.0 Å². The van der Waals surface area contributed by atoms with E-state index in [1.165, 1.54) is 0 Å². The van der Waals surface area contributed by atoms with Crippen molar-refractivity contribution in [2.24, 2.45) is 0 Å². The van der Waals surface area contributed by atoms with E-state index in [0.29, 0.717) is 0 Å². The average Bonchev–Trinajstić information content (AvgIpc) is 2.49. The van der Waals surface area contributed by atoms with Gasteiger partial charge in [-0.05, 0) is 49.2 Å².